The topological polar surface area (TPSA) is 35.5 Å². The molecule has 2 aromatic rings. The van der Waals surface area contributed by atoms with E-state index in [1.807, 2.05) is 13.0 Å². The van der Waals surface area contributed by atoms with Crippen LogP contribution in [0.5, 0.6) is 11.5 Å². The van der Waals surface area contributed by atoms with Crippen LogP contribution in [0, 0.1) is 12.7 Å². The molecule has 0 unspecified atom stereocenters. The van der Waals surface area contributed by atoms with Crippen molar-refractivity contribution < 1.29 is 18.7 Å². The van der Waals surface area contributed by atoms with Crippen molar-refractivity contribution in [3.8, 4) is 11.5 Å². The molecule has 20 heavy (non-hydrogen) atoms. The van der Waals surface area contributed by atoms with Crippen molar-refractivity contribution in [2.45, 2.75) is 6.92 Å². The van der Waals surface area contributed by atoms with Gasteiger partial charge >= 0.3 is 0 Å². The van der Waals surface area contributed by atoms with Gasteiger partial charge in [0.05, 0.1) is 19.8 Å². The highest BCUT2D eigenvalue weighted by Gasteiger charge is 2.16. The van der Waals surface area contributed by atoms with Crippen LogP contribution >= 0.6 is 0 Å². The van der Waals surface area contributed by atoms with E-state index >= 15 is 0 Å². The SMILES string of the molecule is COc1ccc(C(=O)c2cc(C)ccc2OC)cc1F. The van der Waals surface area contributed by atoms with E-state index in [1.165, 1.54) is 32.4 Å². The monoisotopic (exact) mass is 274 g/mol. The van der Waals surface area contributed by atoms with Gasteiger partial charge < -0.3 is 9.47 Å². The Kier molecular flexibility index (Phi) is 4.03. The summed E-state index contributed by atoms with van der Waals surface area (Å²) in [6, 6.07) is 9.44. The number of carbonyl (C=O) groups is 1. The van der Waals surface area contributed by atoms with Crippen molar-refractivity contribution >= 4 is 5.78 Å². The van der Waals surface area contributed by atoms with E-state index in [0.717, 1.165) is 5.56 Å². The summed E-state index contributed by atoms with van der Waals surface area (Å²) in [6.07, 6.45) is 0. The predicted molar refractivity (Wildman–Crippen MR) is 74.1 cm³/mol. The summed E-state index contributed by atoms with van der Waals surface area (Å²) in [5.41, 5.74) is 1.60. The number of ether oxygens (including phenoxy) is 2. The van der Waals surface area contributed by atoms with Crippen LogP contribution in [0.4, 0.5) is 4.39 Å². The van der Waals surface area contributed by atoms with Crippen LogP contribution in [-0.4, -0.2) is 20.0 Å². The second kappa shape index (κ2) is 5.74. The van der Waals surface area contributed by atoms with Gasteiger partial charge in [0.1, 0.15) is 5.75 Å². The van der Waals surface area contributed by atoms with Crippen molar-refractivity contribution in [2.75, 3.05) is 14.2 Å². The van der Waals surface area contributed by atoms with Crippen LogP contribution in [0.3, 0.4) is 0 Å². The highest BCUT2D eigenvalue weighted by molar-refractivity contribution is 6.10. The average molecular weight is 274 g/mol. The Bertz CT molecular complexity index is 650. The van der Waals surface area contributed by atoms with Gasteiger partial charge in [0.25, 0.3) is 0 Å². The van der Waals surface area contributed by atoms with Gasteiger partial charge in [0, 0.05) is 5.56 Å². The lowest BCUT2D eigenvalue weighted by Crippen LogP contribution is -2.05. The number of halogens is 1. The molecule has 0 N–H and O–H groups in total. The number of hydrogen-bond donors (Lipinski definition) is 0. The van der Waals surface area contributed by atoms with E-state index in [2.05, 4.69) is 0 Å². The molecule has 0 aromatic heterocycles. The zero-order chi connectivity index (χ0) is 14.7. The molecule has 104 valence electrons. The Hall–Kier alpha value is -2.36. The lowest BCUT2D eigenvalue weighted by molar-refractivity contribution is 0.103. The van der Waals surface area contributed by atoms with Crippen LogP contribution in [0.1, 0.15) is 21.5 Å². The number of methoxy groups -OCH3 is 2. The number of hydrogen-bond acceptors (Lipinski definition) is 3. The van der Waals surface area contributed by atoms with E-state index in [1.54, 1.807) is 12.1 Å². The Balaban J connectivity index is 2.46. The maximum Gasteiger partial charge on any atom is 0.196 e. The molecule has 0 aliphatic carbocycles. The first kappa shape index (κ1) is 14.1. The molecule has 0 radical (unpaired) electrons. The summed E-state index contributed by atoms with van der Waals surface area (Å²) in [7, 11) is 2.87. The summed E-state index contributed by atoms with van der Waals surface area (Å²) in [5, 5.41) is 0. The Morgan fingerprint density at radius 1 is 1.00 bits per heavy atom. The van der Waals surface area contributed by atoms with Crippen LogP contribution in [0.25, 0.3) is 0 Å². The molecular weight excluding hydrogens is 259 g/mol. The Morgan fingerprint density at radius 2 is 1.65 bits per heavy atom. The number of aryl methyl sites for hydroxylation is 1. The highest BCUT2D eigenvalue weighted by Crippen LogP contribution is 2.25. The molecule has 0 fully saturated rings. The first-order valence-electron chi connectivity index (χ1n) is 6.09. The van der Waals surface area contributed by atoms with Crippen molar-refractivity contribution in [3.05, 3.63) is 58.9 Å². The fraction of sp³-hybridized carbons (Fsp3) is 0.188. The van der Waals surface area contributed by atoms with Gasteiger partial charge in [-0.25, -0.2) is 4.39 Å². The standard InChI is InChI=1S/C16H15FO3/c1-10-4-6-14(19-2)12(8-10)16(18)11-5-7-15(20-3)13(17)9-11/h4-9H,1-3H3. The van der Waals surface area contributed by atoms with E-state index < -0.39 is 5.82 Å². The molecule has 0 saturated carbocycles. The average Bonchev–Trinajstić information content (AvgIpc) is 2.46. The third-order valence-corrected chi connectivity index (χ3v) is 3.01. The molecule has 2 rings (SSSR count). The minimum atomic E-state index is -0.565. The second-order valence-electron chi connectivity index (χ2n) is 4.38. The molecule has 0 aliphatic rings. The van der Waals surface area contributed by atoms with Gasteiger partial charge in [0.15, 0.2) is 17.3 Å². The molecule has 0 saturated heterocycles. The smallest absolute Gasteiger partial charge is 0.196 e. The van der Waals surface area contributed by atoms with Gasteiger partial charge in [-0.1, -0.05) is 11.6 Å². The molecule has 0 atom stereocenters. The third-order valence-electron chi connectivity index (χ3n) is 3.01. The highest BCUT2D eigenvalue weighted by atomic mass is 19.1. The number of ketones is 1. The van der Waals surface area contributed by atoms with E-state index in [9.17, 15) is 9.18 Å². The Labute approximate surface area is 117 Å². The van der Waals surface area contributed by atoms with Crippen molar-refractivity contribution in [3.63, 3.8) is 0 Å². The zero-order valence-electron chi connectivity index (χ0n) is 11.6. The van der Waals surface area contributed by atoms with Crippen molar-refractivity contribution in [2.24, 2.45) is 0 Å². The third kappa shape index (κ3) is 2.64. The van der Waals surface area contributed by atoms with Gasteiger partial charge in [-0.05, 0) is 37.3 Å². The maximum atomic E-state index is 13.7. The van der Waals surface area contributed by atoms with Crippen LogP contribution in [0.2, 0.25) is 0 Å². The predicted octanol–water partition coefficient (Wildman–Crippen LogP) is 3.38. The molecule has 0 heterocycles. The number of carbonyl (C=O) groups excluding carboxylic acids is 1. The fourth-order valence-corrected chi connectivity index (χ4v) is 1.96. The van der Waals surface area contributed by atoms with E-state index in [4.69, 9.17) is 9.47 Å². The summed E-state index contributed by atoms with van der Waals surface area (Å²) < 4.78 is 23.7. The van der Waals surface area contributed by atoms with Gasteiger partial charge in [0.2, 0.25) is 0 Å². The molecule has 0 spiro atoms. The minimum absolute atomic E-state index is 0.109. The van der Waals surface area contributed by atoms with E-state index in [0.29, 0.717) is 11.3 Å². The minimum Gasteiger partial charge on any atom is -0.496 e. The molecular formula is C16H15FO3. The number of benzene rings is 2. The van der Waals surface area contributed by atoms with Crippen LogP contribution < -0.4 is 9.47 Å². The first-order valence-corrected chi connectivity index (χ1v) is 6.09. The molecule has 0 bridgehead atoms. The van der Waals surface area contributed by atoms with Gasteiger partial charge in [-0.2, -0.15) is 0 Å². The lowest BCUT2D eigenvalue weighted by atomic mass is 10.0. The van der Waals surface area contributed by atoms with Gasteiger partial charge in [-0.15, -0.1) is 0 Å². The van der Waals surface area contributed by atoms with Crippen molar-refractivity contribution in [1.29, 1.82) is 0 Å². The largest absolute Gasteiger partial charge is 0.496 e. The number of rotatable bonds is 4. The zero-order valence-corrected chi connectivity index (χ0v) is 11.6. The normalized spacial score (nSPS) is 10.2. The first-order chi connectivity index (χ1) is 9.56. The van der Waals surface area contributed by atoms with Gasteiger partial charge in [-0.3, -0.25) is 4.79 Å². The summed E-state index contributed by atoms with van der Waals surface area (Å²) in [6.45, 7) is 1.88. The van der Waals surface area contributed by atoms with Crippen LogP contribution in [0.15, 0.2) is 36.4 Å². The molecule has 3 nitrogen and oxygen atoms in total. The summed E-state index contributed by atoms with van der Waals surface area (Å²) >= 11 is 0. The molecule has 0 amide bonds. The lowest BCUT2D eigenvalue weighted by Gasteiger charge is -2.09. The van der Waals surface area contributed by atoms with Crippen LogP contribution in [-0.2, 0) is 0 Å². The Morgan fingerprint density at radius 3 is 2.25 bits per heavy atom. The molecule has 2 aromatic carbocycles. The van der Waals surface area contributed by atoms with E-state index in [-0.39, 0.29) is 17.1 Å². The fourth-order valence-electron chi connectivity index (χ4n) is 1.96. The maximum absolute atomic E-state index is 13.7. The van der Waals surface area contributed by atoms with Crippen molar-refractivity contribution in [1.82, 2.24) is 0 Å². The molecule has 4 heteroatoms. The summed E-state index contributed by atoms with van der Waals surface area (Å²) in [5.74, 6) is -0.272. The molecule has 0 aliphatic heterocycles. The quantitative estimate of drug-likeness (QED) is 0.802. The summed E-state index contributed by atoms with van der Waals surface area (Å²) in [4.78, 5) is 12.4. The second-order valence-corrected chi connectivity index (χ2v) is 4.38.